The van der Waals surface area contributed by atoms with E-state index in [4.69, 9.17) is 15.2 Å². The van der Waals surface area contributed by atoms with Crippen LogP contribution in [0, 0.1) is 5.92 Å². The fourth-order valence-electron chi connectivity index (χ4n) is 3.25. The number of carbonyl (C=O) groups excluding carboxylic acids is 1. The van der Waals surface area contributed by atoms with Gasteiger partial charge in [-0.2, -0.15) is 13.2 Å². The van der Waals surface area contributed by atoms with Crippen molar-refractivity contribution < 1.29 is 32.5 Å². The van der Waals surface area contributed by atoms with Crippen molar-refractivity contribution in [3.8, 4) is 11.5 Å². The Morgan fingerprint density at radius 2 is 1.83 bits per heavy atom. The summed E-state index contributed by atoms with van der Waals surface area (Å²) in [6.45, 7) is 1.98. The van der Waals surface area contributed by atoms with Crippen LogP contribution in [-0.4, -0.2) is 31.3 Å². The molecule has 166 valence electrons. The highest BCUT2D eigenvalue weighted by molar-refractivity contribution is 7.10. The number of hydrogen-bond acceptors (Lipinski definition) is 6. The minimum absolute atomic E-state index is 0.297. The van der Waals surface area contributed by atoms with Crippen molar-refractivity contribution in [2.24, 2.45) is 11.7 Å². The van der Waals surface area contributed by atoms with Gasteiger partial charge in [-0.3, -0.25) is 4.79 Å². The Bertz CT molecular complexity index is 853. The first-order valence-corrected chi connectivity index (χ1v) is 10.3. The fraction of sp³-hybridized carbons (Fsp3) is 0.476. The number of methoxy groups -OCH3 is 2. The summed E-state index contributed by atoms with van der Waals surface area (Å²) in [6, 6.07) is 5.45. The molecule has 2 rings (SSSR count). The van der Waals surface area contributed by atoms with Crippen molar-refractivity contribution in [1.82, 2.24) is 0 Å². The van der Waals surface area contributed by atoms with E-state index in [0.29, 0.717) is 22.6 Å². The van der Waals surface area contributed by atoms with E-state index in [2.05, 4.69) is 0 Å². The zero-order chi connectivity index (χ0) is 22.5. The zero-order valence-electron chi connectivity index (χ0n) is 17.0. The number of hydrogen-bond donors (Lipinski definition) is 2. The summed E-state index contributed by atoms with van der Waals surface area (Å²) in [5.74, 6) is -2.91. The number of Topliss-reactive ketones (excluding diaryl/α,β-unsaturated/α-hetero) is 1. The number of aliphatic hydroxyl groups is 1. The quantitative estimate of drug-likeness (QED) is 0.559. The van der Waals surface area contributed by atoms with E-state index in [0.717, 1.165) is 17.7 Å². The molecule has 0 aliphatic carbocycles. The van der Waals surface area contributed by atoms with Crippen LogP contribution in [0.3, 0.4) is 0 Å². The van der Waals surface area contributed by atoms with Gasteiger partial charge in [-0.25, -0.2) is 0 Å². The third-order valence-electron chi connectivity index (χ3n) is 4.85. The van der Waals surface area contributed by atoms with Gasteiger partial charge < -0.3 is 20.3 Å². The minimum atomic E-state index is -5.08. The second-order valence-corrected chi connectivity index (χ2v) is 7.96. The van der Waals surface area contributed by atoms with E-state index in [-0.39, 0.29) is 6.42 Å². The van der Waals surface area contributed by atoms with E-state index in [1.54, 1.807) is 29.6 Å². The monoisotopic (exact) mass is 445 g/mol. The Morgan fingerprint density at radius 3 is 2.40 bits per heavy atom. The number of aryl methyl sites for hydroxylation is 1. The van der Waals surface area contributed by atoms with E-state index in [1.807, 2.05) is 6.92 Å². The van der Waals surface area contributed by atoms with Gasteiger partial charge in [0.2, 0.25) is 5.78 Å². The molecule has 0 spiro atoms. The van der Waals surface area contributed by atoms with E-state index < -0.39 is 30.0 Å². The molecule has 0 bridgehead atoms. The molecule has 2 aromatic rings. The highest BCUT2D eigenvalue weighted by Gasteiger charge is 2.46. The van der Waals surface area contributed by atoms with Crippen molar-refractivity contribution in [3.05, 3.63) is 45.6 Å². The molecular formula is C21H26F3NO4S. The molecule has 0 saturated carbocycles. The number of rotatable bonds is 10. The standard InChI is InChI=1S/C21H26F3NO4S/c1-4-5-14-8-13(11-30-14)19(26)15(20(27)21(22,23)24)10-16(25)12-6-7-17(28-2)18(9-12)29-3/h6-9,11,15-16,19,26H,4-5,10,25H2,1-3H3/t15-,16?,19?/m1/s1. The summed E-state index contributed by atoms with van der Waals surface area (Å²) in [5, 5.41) is 12.3. The second kappa shape index (κ2) is 10.3. The molecule has 0 aliphatic rings. The van der Waals surface area contributed by atoms with Crippen molar-refractivity contribution in [2.75, 3.05) is 14.2 Å². The minimum Gasteiger partial charge on any atom is -0.493 e. The summed E-state index contributed by atoms with van der Waals surface area (Å²) in [4.78, 5) is 13.1. The number of alkyl halides is 3. The van der Waals surface area contributed by atoms with E-state index >= 15 is 0 Å². The number of carbonyl (C=O) groups is 1. The Morgan fingerprint density at radius 1 is 1.17 bits per heavy atom. The summed E-state index contributed by atoms with van der Waals surface area (Å²) >= 11 is 1.35. The van der Waals surface area contributed by atoms with Crippen LogP contribution in [0.2, 0.25) is 0 Å². The average molecular weight is 446 g/mol. The highest BCUT2D eigenvalue weighted by Crippen LogP contribution is 2.38. The van der Waals surface area contributed by atoms with Crippen LogP contribution in [-0.2, 0) is 11.2 Å². The molecule has 9 heteroatoms. The second-order valence-electron chi connectivity index (χ2n) is 6.97. The molecule has 0 aliphatic heterocycles. The Kier molecular flexibility index (Phi) is 8.28. The van der Waals surface area contributed by atoms with Crippen molar-refractivity contribution in [2.45, 2.75) is 44.5 Å². The molecule has 3 N–H and O–H groups in total. The number of aliphatic hydroxyl groups excluding tert-OH is 1. The molecule has 0 amide bonds. The predicted octanol–water partition coefficient (Wildman–Crippen LogP) is 4.59. The first-order chi connectivity index (χ1) is 14.1. The molecule has 5 nitrogen and oxygen atoms in total. The highest BCUT2D eigenvalue weighted by atomic mass is 32.1. The van der Waals surface area contributed by atoms with Crippen LogP contribution < -0.4 is 15.2 Å². The van der Waals surface area contributed by atoms with Crippen LogP contribution in [0.15, 0.2) is 29.6 Å². The smallest absolute Gasteiger partial charge is 0.450 e. The van der Waals surface area contributed by atoms with Crippen molar-refractivity contribution >= 4 is 17.1 Å². The molecule has 0 fully saturated rings. The molecule has 2 unspecified atom stereocenters. The van der Waals surface area contributed by atoms with E-state index in [1.165, 1.54) is 25.6 Å². The van der Waals surface area contributed by atoms with Gasteiger partial charge in [-0.1, -0.05) is 19.4 Å². The normalized spacial score (nSPS) is 14.8. The van der Waals surface area contributed by atoms with Gasteiger partial charge in [-0.15, -0.1) is 11.3 Å². The lowest BCUT2D eigenvalue weighted by Crippen LogP contribution is -2.36. The number of benzene rings is 1. The third kappa shape index (κ3) is 5.74. The molecule has 1 heterocycles. The van der Waals surface area contributed by atoms with Crippen LogP contribution in [0.25, 0.3) is 0 Å². The first kappa shape index (κ1) is 24.2. The number of halogens is 3. The van der Waals surface area contributed by atoms with Gasteiger partial charge in [0, 0.05) is 10.9 Å². The van der Waals surface area contributed by atoms with Gasteiger partial charge in [0.25, 0.3) is 0 Å². The summed E-state index contributed by atoms with van der Waals surface area (Å²) in [6.07, 6.45) is -5.45. The van der Waals surface area contributed by atoms with Crippen LogP contribution >= 0.6 is 11.3 Å². The fourth-order valence-corrected chi connectivity index (χ4v) is 4.27. The SMILES string of the molecule is CCCc1cc(C(O)[C@@H](CC(N)c2ccc(OC)c(OC)c2)C(=O)C(F)(F)F)cs1. The van der Waals surface area contributed by atoms with Gasteiger partial charge in [0.15, 0.2) is 11.5 Å². The maximum Gasteiger partial charge on any atom is 0.450 e. The average Bonchev–Trinajstić information content (AvgIpc) is 3.18. The van der Waals surface area contributed by atoms with Crippen LogP contribution in [0.1, 0.15) is 47.9 Å². The largest absolute Gasteiger partial charge is 0.493 e. The molecule has 1 aromatic carbocycles. The predicted molar refractivity (Wildman–Crippen MR) is 109 cm³/mol. The summed E-state index contributed by atoms with van der Waals surface area (Å²) in [5.41, 5.74) is 6.90. The lowest BCUT2D eigenvalue weighted by Gasteiger charge is -2.25. The maximum atomic E-state index is 13.2. The molecule has 30 heavy (non-hydrogen) atoms. The topological polar surface area (TPSA) is 81.8 Å². The molecule has 3 atom stereocenters. The number of ether oxygens (including phenoxy) is 2. The van der Waals surface area contributed by atoms with Crippen LogP contribution in [0.4, 0.5) is 13.2 Å². The van der Waals surface area contributed by atoms with Crippen LogP contribution in [0.5, 0.6) is 11.5 Å². The molecule has 0 radical (unpaired) electrons. The molecule has 1 aromatic heterocycles. The van der Waals surface area contributed by atoms with Crippen molar-refractivity contribution in [3.63, 3.8) is 0 Å². The van der Waals surface area contributed by atoms with E-state index in [9.17, 15) is 23.1 Å². The maximum absolute atomic E-state index is 13.2. The third-order valence-corrected chi connectivity index (χ3v) is 5.87. The van der Waals surface area contributed by atoms with Gasteiger partial charge >= 0.3 is 6.18 Å². The lowest BCUT2D eigenvalue weighted by atomic mass is 9.85. The number of ketones is 1. The first-order valence-electron chi connectivity index (χ1n) is 9.46. The molecular weight excluding hydrogens is 419 g/mol. The van der Waals surface area contributed by atoms with Gasteiger partial charge in [0.05, 0.1) is 26.2 Å². The Hall–Kier alpha value is -2.10. The molecule has 0 saturated heterocycles. The lowest BCUT2D eigenvalue weighted by molar-refractivity contribution is -0.179. The zero-order valence-corrected chi connectivity index (χ0v) is 17.8. The summed E-state index contributed by atoms with van der Waals surface area (Å²) < 4.78 is 50.1. The summed E-state index contributed by atoms with van der Waals surface area (Å²) in [7, 11) is 2.89. The van der Waals surface area contributed by atoms with Gasteiger partial charge in [-0.05, 0) is 47.5 Å². The Labute approximate surface area is 177 Å². The number of nitrogens with two attached hydrogens (primary N) is 1. The van der Waals surface area contributed by atoms with Gasteiger partial charge in [0.1, 0.15) is 0 Å². The Balaban J connectivity index is 2.32. The van der Waals surface area contributed by atoms with Crippen molar-refractivity contribution in [1.29, 1.82) is 0 Å². The number of thiophene rings is 1.